The van der Waals surface area contributed by atoms with E-state index in [0.717, 1.165) is 12.8 Å². The minimum absolute atomic E-state index is 0.239. The van der Waals surface area contributed by atoms with Crippen LogP contribution in [0.15, 0.2) is 0 Å². The Morgan fingerprint density at radius 3 is 2.38 bits per heavy atom. The summed E-state index contributed by atoms with van der Waals surface area (Å²) in [5, 5.41) is 9.12. The molecule has 1 rings (SSSR count). The highest BCUT2D eigenvalue weighted by atomic mass is 16.5. The second-order valence-corrected chi connectivity index (χ2v) is 5.16. The highest BCUT2D eigenvalue weighted by Gasteiger charge is 2.43. The van der Waals surface area contributed by atoms with Crippen LogP contribution in [-0.2, 0) is 4.74 Å². The maximum atomic E-state index is 9.12. The zero-order chi connectivity index (χ0) is 10.1. The van der Waals surface area contributed by atoms with Crippen LogP contribution in [0.1, 0.15) is 40.0 Å². The van der Waals surface area contributed by atoms with Crippen LogP contribution >= 0.6 is 0 Å². The van der Waals surface area contributed by atoms with E-state index < -0.39 is 5.60 Å². The Labute approximate surface area is 80.9 Å². The largest absolute Gasteiger partial charge is 0.363 e. The first-order valence-corrected chi connectivity index (χ1v) is 4.89. The molecule has 2 heteroatoms. The molecule has 2 atom stereocenters. The highest BCUT2D eigenvalue weighted by Crippen LogP contribution is 2.44. The first-order chi connectivity index (χ1) is 5.93. The van der Waals surface area contributed by atoms with Crippen molar-refractivity contribution in [2.75, 3.05) is 7.11 Å². The lowest BCUT2D eigenvalue weighted by Crippen LogP contribution is -2.42. The third-order valence-corrected chi connectivity index (χ3v) is 2.94. The maximum Gasteiger partial charge on any atom is 0.154 e. The van der Waals surface area contributed by atoms with Gasteiger partial charge in [0, 0.05) is 7.11 Å². The van der Waals surface area contributed by atoms with Crippen molar-refractivity contribution >= 4 is 0 Å². The molecule has 1 saturated carbocycles. The number of nitrogens with zero attached hydrogens (tertiary/aromatic N) is 1. The highest BCUT2D eigenvalue weighted by molar-refractivity contribution is 5.08. The average molecular weight is 181 g/mol. The monoisotopic (exact) mass is 181 g/mol. The third-order valence-electron chi connectivity index (χ3n) is 2.94. The predicted molar refractivity (Wildman–Crippen MR) is 52.1 cm³/mol. The van der Waals surface area contributed by atoms with Crippen LogP contribution in [-0.4, -0.2) is 12.7 Å². The average Bonchev–Trinajstić information content (AvgIpc) is 2.00. The van der Waals surface area contributed by atoms with E-state index in [4.69, 9.17) is 10.00 Å². The molecule has 2 nitrogen and oxygen atoms in total. The second kappa shape index (κ2) is 3.31. The lowest BCUT2D eigenvalue weighted by Gasteiger charge is -2.42. The standard InChI is InChI=1S/C11H19NO/c1-9-5-10(2,3)7-11(6-9,8-12)13-4/h9H,5-7H2,1-4H3. The second-order valence-electron chi connectivity index (χ2n) is 5.16. The van der Waals surface area contributed by atoms with Crippen molar-refractivity contribution in [3.05, 3.63) is 0 Å². The van der Waals surface area contributed by atoms with E-state index in [1.807, 2.05) is 0 Å². The maximum absolute atomic E-state index is 9.12. The molecule has 2 unspecified atom stereocenters. The van der Waals surface area contributed by atoms with Gasteiger partial charge in [0.05, 0.1) is 6.07 Å². The lowest BCUT2D eigenvalue weighted by molar-refractivity contribution is -0.0476. The van der Waals surface area contributed by atoms with Gasteiger partial charge in [-0.15, -0.1) is 0 Å². The Morgan fingerprint density at radius 1 is 1.38 bits per heavy atom. The van der Waals surface area contributed by atoms with Gasteiger partial charge in [0.15, 0.2) is 5.60 Å². The Balaban J connectivity index is 2.84. The first kappa shape index (κ1) is 10.5. The minimum Gasteiger partial charge on any atom is -0.363 e. The van der Waals surface area contributed by atoms with Crippen molar-refractivity contribution in [2.45, 2.75) is 45.6 Å². The Bertz CT molecular complexity index is 229. The van der Waals surface area contributed by atoms with Crippen molar-refractivity contribution in [1.82, 2.24) is 0 Å². The van der Waals surface area contributed by atoms with Gasteiger partial charge in [0.1, 0.15) is 0 Å². The molecule has 0 radical (unpaired) electrons. The van der Waals surface area contributed by atoms with Crippen molar-refractivity contribution in [1.29, 1.82) is 5.26 Å². The molecular weight excluding hydrogens is 162 g/mol. The molecule has 0 amide bonds. The molecule has 1 fully saturated rings. The predicted octanol–water partition coefficient (Wildman–Crippen LogP) is 2.74. The van der Waals surface area contributed by atoms with E-state index >= 15 is 0 Å². The minimum atomic E-state index is -0.527. The van der Waals surface area contributed by atoms with E-state index in [0.29, 0.717) is 5.92 Å². The summed E-state index contributed by atoms with van der Waals surface area (Å²) in [6.07, 6.45) is 2.93. The van der Waals surface area contributed by atoms with Gasteiger partial charge < -0.3 is 4.74 Å². The summed E-state index contributed by atoms with van der Waals surface area (Å²) in [5.41, 5.74) is -0.287. The molecule has 0 aromatic heterocycles. The van der Waals surface area contributed by atoms with Gasteiger partial charge in [-0.2, -0.15) is 5.26 Å². The molecule has 0 N–H and O–H groups in total. The summed E-state index contributed by atoms with van der Waals surface area (Å²) in [7, 11) is 1.65. The zero-order valence-corrected chi connectivity index (χ0v) is 9.05. The number of hydrogen-bond donors (Lipinski definition) is 0. The molecule has 74 valence electrons. The Hall–Kier alpha value is -0.550. The molecule has 0 bridgehead atoms. The van der Waals surface area contributed by atoms with Crippen LogP contribution in [0.5, 0.6) is 0 Å². The quantitative estimate of drug-likeness (QED) is 0.623. The van der Waals surface area contributed by atoms with Gasteiger partial charge in [-0.25, -0.2) is 0 Å². The SMILES string of the molecule is COC1(C#N)CC(C)CC(C)(C)C1. The van der Waals surface area contributed by atoms with Gasteiger partial charge in [0.2, 0.25) is 0 Å². The van der Waals surface area contributed by atoms with Gasteiger partial charge in [-0.05, 0) is 30.6 Å². The topological polar surface area (TPSA) is 33.0 Å². The van der Waals surface area contributed by atoms with E-state index in [1.165, 1.54) is 6.42 Å². The number of methoxy groups -OCH3 is 1. The van der Waals surface area contributed by atoms with Crippen LogP contribution in [0.2, 0.25) is 0 Å². The van der Waals surface area contributed by atoms with Crippen molar-refractivity contribution in [3.8, 4) is 6.07 Å². The van der Waals surface area contributed by atoms with Gasteiger partial charge in [-0.3, -0.25) is 0 Å². The van der Waals surface area contributed by atoms with Crippen LogP contribution in [0.25, 0.3) is 0 Å². The smallest absolute Gasteiger partial charge is 0.154 e. The number of nitriles is 1. The fraction of sp³-hybridized carbons (Fsp3) is 0.909. The van der Waals surface area contributed by atoms with Crippen molar-refractivity contribution in [2.24, 2.45) is 11.3 Å². The number of ether oxygens (including phenoxy) is 1. The lowest BCUT2D eigenvalue weighted by atomic mass is 9.66. The third kappa shape index (κ3) is 2.22. The van der Waals surface area contributed by atoms with Gasteiger partial charge in [0.25, 0.3) is 0 Å². The van der Waals surface area contributed by atoms with Gasteiger partial charge in [-0.1, -0.05) is 20.8 Å². The van der Waals surface area contributed by atoms with Gasteiger partial charge >= 0.3 is 0 Å². The van der Waals surface area contributed by atoms with Crippen molar-refractivity contribution in [3.63, 3.8) is 0 Å². The summed E-state index contributed by atoms with van der Waals surface area (Å²) >= 11 is 0. The molecule has 1 aliphatic carbocycles. The molecule has 0 saturated heterocycles. The summed E-state index contributed by atoms with van der Waals surface area (Å²) in [4.78, 5) is 0. The summed E-state index contributed by atoms with van der Waals surface area (Å²) in [6, 6.07) is 2.33. The summed E-state index contributed by atoms with van der Waals surface area (Å²) < 4.78 is 5.37. The van der Waals surface area contributed by atoms with E-state index in [1.54, 1.807) is 7.11 Å². The normalized spacial score (nSPS) is 38.2. The van der Waals surface area contributed by atoms with E-state index in [-0.39, 0.29) is 5.41 Å². The molecule has 0 aliphatic heterocycles. The molecule has 0 spiro atoms. The van der Waals surface area contributed by atoms with Crippen LogP contribution in [0, 0.1) is 22.7 Å². The van der Waals surface area contributed by atoms with Crippen molar-refractivity contribution < 1.29 is 4.74 Å². The summed E-state index contributed by atoms with van der Waals surface area (Å²) in [5.74, 6) is 0.586. The number of hydrogen-bond acceptors (Lipinski definition) is 2. The number of rotatable bonds is 1. The fourth-order valence-electron chi connectivity index (χ4n) is 2.78. The molecule has 0 aromatic rings. The van der Waals surface area contributed by atoms with E-state index in [9.17, 15) is 0 Å². The molecule has 13 heavy (non-hydrogen) atoms. The molecule has 0 aromatic carbocycles. The zero-order valence-electron chi connectivity index (χ0n) is 9.05. The van der Waals surface area contributed by atoms with Crippen LogP contribution < -0.4 is 0 Å². The first-order valence-electron chi connectivity index (χ1n) is 4.89. The molecule has 0 heterocycles. The molecular formula is C11H19NO. The Morgan fingerprint density at radius 2 is 2.00 bits per heavy atom. The fourth-order valence-corrected chi connectivity index (χ4v) is 2.78. The molecule has 1 aliphatic rings. The van der Waals surface area contributed by atoms with E-state index in [2.05, 4.69) is 26.8 Å². The van der Waals surface area contributed by atoms with Crippen LogP contribution in [0.3, 0.4) is 0 Å². The summed E-state index contributed by atoms with van der Waals surface area (Å²) in [6.45, 7) is 6.63. The van der Waals surface area contributed by atoms with Crippen LogP contribution in [0.4, 0.5) is 0 Å². The Kier molecular flexibility index (Phi) is 2.68.